The van der Waals surface area contributed by atoms with E-state index >= 15 is 0 Å². The number of nitrogens with two attached hydrogens (primary N) is 1. The van der Waals surface area contributed by atoms with Crippen LogP contribution in [0.1, 0.15) is 17.7 Å². The monoisotopic (exact) mass is 330 g/mol. The van der Waals surface area contributed by atoms with E-state index in [4.69, 9.17) is 5.14 Å². The average Bonchev–Trinajstić information content (AvgIpc) is 2.77. The van der Waals surface area contributed by atoms with Gasteiger partial charge in [-0.15, -0.1) is 0 Å². The van der Waals surface area contributed by atoms with Gasteiger partial charge in [0.2, 0.25) is 0 Å². The van der Waals surface area contributed by atoms with Crippen LogP contribution in [-0.2, 0) is 16.4 Å². The number of hydrogen-bond acceptors (Lipinski definition) is 5. The van der Waals surface area contributed by atoms with E-state index in [0.29, 0.717) is 24.2 Å². The molecule has 0 aliphatic carbocycles. The van der Waals surface area contributed by atoms with Crippen molar-refractivity contribution in [2.24, 2.45) is 5.14 Å². The molecule has 3 N–H and O–H groups in total. The molecule has 1 fully saturated rings. The number of nitrogens with zero attached hydrogens (tertiary/aromatic N) is 2. The minimum Gasteiger partial charge on any atom is -0.359 e. The Hall–Kier alpha value is -0.910. The number of halogens is 3. The quantitative estimate of drug-likeness (QED) is 0.873. The average molecular weight is 330 g/mol. The first-order valence-electron chi connectivity index (χ1n) is 5.73. The van der Waals surface area contributed by atoms with Gasteiger partial charge in [0.1, 0.15) is 4.88 Å². The predicted molar refractivity (Wildman–Crippen MR) is 68.4 cm³/mol. The third-order valence-corrected chi connectivity index (χ3v) is 4.98. The zero-order valence-corrected chi connectivity index (χ0v) is 11.9. The molecule has 20 heavy (non-hydrogen) atoms. The summed E-state index contributed by atoms with van der Waals surface area (Å²) in [5.74, 6) is 0. The van der Waals surface area contributed by atoms with Gasteiger partial charge in [-0.3, -0.25) is 0 Å². The van der Waals surface area contributed by atoms with Gasteiger partial charge in [0.05, 0.1) is 6.20 Å². The number of alkyl halides is 3. The fourth-order valence-electron chi connectivity index (χ4n) is 1.90. The van der Waals surface area contributed by atoms with E-state index in [1.54, 1.807) is 0 Å². The normalized spacial score (nSPS) is 19.2. The van der Waals surface area contributed by atoms with Gasteiger partial charge >= 0.3 is 6.18 Å². The molecule has 0 atom stereocenters. The van der Waals surface area contributed by atoms with Gasteiger partial charge in [0.15, 0.2) is 5.13 Å². The molecule has 1 aromatic heterocycles. The fraction of sp³-hybridized carbons (Fsp3) is 0.667. The summed E-state index contributed by atoms with van der Waals surface area (Å²) in [6.07, 6.45) is -2.67. The van der Waals surface area contributed by atoms with Crippen molar-refractivity contribution in [1.29, 1.82) is 0 Å². The van der Waals surface area contributed by atoms with Crippen molar-refractivity contribution in [3.63, 3.8) is 0 Å². The van der Waals surface area contributed by atoms with Crippen LogP contribution in [0.15, 0.2) is 6.20 Å². The summed E-state index contributed by atoms with van der Waals surface area (Å²) in [5.41, 5.74) is 0. The Labute approximate surface area is 118 Å². The highest BCUT2D eigenvalue weighted by molar-refractivity contribution is 7.86. The van der Waals surface area contributed by atoms with Crippen molar-refractivity contribution >= 4 is 26.7 Å². The summed E-state index contributed by atoms with van der Waals surface area (Å²) >= 11 is 0.536. The zero-order valence-electron chi connectivity index (χ0n) is 10.2. The molecule has 0 amide bonds. The smallest absolute Gasteiger partial charge is 0.359 e. The molecule has 2 rings (SSSR count). The number of hydrogen-bond donors (Lipinski definition) is 2. The van der Waals surface area contributed by atoms with Crippen LogP contribution < -0.4 is 10.5 Å². The molecule has 0 aromatic carbocycles. The van der Waals surface area contributed by atoms with Crippen LogP contribution in [0.2, 0.25) is 0 Å². The lowest BCUT2D eigenvalue weighted by Gasteiger charge is -2.30. The van der Waals surface area contributed by atoms with Crippen LogP contribution in [0.4, 0.5) is 18.3 Å². The third kappa shape index (κ3) is 3.81. The number of anilines is 1. The largest absolute Gasteiger partial charge is 0.427 e. The maximum atomic E-state index is 12.4. The zero-order chi connectivity index (χ0) is 15.0. The van der Waals surface area contributed by atoms with Crippen LogP contribution in [-0.4, -0.2) is 36.8 Å². The number of rotatable bonds is 3. The lowest BCUT2D eigenvalue weighted by molar-refractivity contribution is -0.134. The number of piperidine rings is 1. The number of thiazole rings is 1. The minimum atomic E-state index is -4.39. The molecule has 1 saturated heterocycles. The summed E-state index contributed by atoms with van der Waals surface area (Å²) in [7, 11) is -3.69. The van der Waals surface area contributed by atoms with Crippen molar-refractivity contribution in [3.8, 4) is 0 Å². The third-order valence-electron chi connectivity index (χ3n) is 2.93. The first kappa shape index (κ1) is 15.5. The number of aromatic nitrogens is 1. The van der Waals surface area contributed by atoms with Crippen molar-refractivity contribution < 1.29 is 21.6 Å². The molecule has 6 nitrogen and oxygen atoms in total. The summed E-state index contributed by atoms with van der Waals surface area (Å²) in [4.78, 5) is 2.91. The Bertz CT molecular complexity index is 564. The molecule has 0 bridgehead atoms. The molecule has 1 aliphatic rings. The molecule has 1 aromatic rings. The van der Waals surface area contributed by atoms with Gasteiger partial charge in [-0.1, -0.05) is 11.3 Å². The molecule has 114 valence electrons. The van der Waals surface area contributed by atoms with E-state index < -0.39 is 21.3 Å². The Balaban J connectivity index is 1.92. The topological polar surface area (TPSA) is 88.3 Å². The Morgan fingerprint density at radius 2 is 2.00 bits per heavy atom. The predicted octanol–water partition coefficient (Wildman–Crippen LogP) is 1.24. The van der Waals surface area contributed by atoms with E-state index in [1.807, 2.05) is 0 Å². The Kier molecular flexibility index (Phi) is 4.23. The van der Waals surface area contributed by atoms with E-state index in [0.717, 1.165) is 10.5 Å². The Morgan fingerprint density at radius 3 is 2.45 bits per heavy atom. The molecular formula is C9H13F3N4O2S2. The molecule has 0 spiro atoms. The number of nitrogens with one attached hydrogen (secondary N) is 1. The molecular weight excluding hydrogens is 317 g/mol. The molecule has 1 aliphatic heterocycles. The Morgan fingerprint density at radius 1 is 1.40 bits per heavy atom. The van der Waals surface area contributed by atoms with Crippen LogP contribution in [0, 0.1) is 0 Å². The molecule has 0 unspecified atom stereocenters. The maximum Gasteiger partial charge on any atom is 0.427 e. The van der Waals surface area contributed by atoms with Gasteiger partial charge < -0.3 is 5.32 Å². The van der Waals surface area contributed by atoms with Gasteiger partial charge in [-0.05, 0) is 12.8 Å². The van der Waals surface area contributed by atoms with E-state index in [9.17, 15) is 21.6 Å². The molecule has 2 heterocycles. The highest BCUT2D eigenvalue weighted by Gasteiger charge is 2.33. The highest BCUT2D eigenvalue weighted by atomic mass is 32.2. The van der Waals surface area contributed by atoms with E-state index in [1.165, 1.54) is 0 Å². The minimum absolute atomic E-state index is 0.111. The molecule has 0 saturated carbocycles. The summed E-state index contributed by atoms with van der Waals surface area (Å²) in [6, 6.07) is -0.111. The van der Waals surface area contributed by atoms with Crippen molar-refractivity contribution in [2.75, 3.05) is 18.4 Å². The van der Waals surface area contributed by atoms with Crippen molar-refractivity contribution in [2.45, 2.75) is 25.1 Å². The second-order valence-corrected chi connectivity index (χ2v) is 6.97. The first-order valence-corrected chi connectivity index (χ1v) is 8.05. The summed E-state index contributed by atoms with van der Waals surface area (Å²) < 4.78 is 60.6. The van der Waals surface area contributed by atoms with Gasteiger partial charge in [0.25, 0.3) is 10.2 Å². The maximum absolute atomic E-state index is 12.4. The second kappa shape index (κ2) is 5.47. The van der Waals surface area contributed by atoms with Crippen LogP contribution in [0.3, 0.4) is 0 Å². The van der Waals surface area contributed by atoms with Crippen LogP contribution in [0.5, 0.6) is 0 Å². The second-order valence-electron chi connectivity index (χ2n) is 4.39. The van der Waals surface area contributed by atoms with Crippen molar-refractivity contribution in [1.82, 2.24) is 9.29 Å². The van der Waals surface area contributed by atoms with E-state index in [2.05, 4.69) is 10.3 Å². The van der Waals surface area contributed by atoms with Gasteiger partial charge in [0, 0.05) is 19.1 Å². The standard InChI is InChI=1S/C9H13F3N4O2S2/c10-9(11,12)7-5-14-8(19-7)15-6-1-3-16(4-2-6)20(13,17)18/h5-6H,1-4H2,(H,14,15)(H2,13,17,18). The summed E-state index contributed by atoms with van der Waals surface area (Å²) in [5, 5.41) is 8.08. The SMILES string of the molecule is NS(=O)(=O)N1CCC(Nc2ncc(C(F)(F)F)s2)CC1. The van der Waals surface area contributed by atoms with Crippen LogP contribution in [0.25, 0.3) is 0 Å². The van der Waals surface area contributed by atoms with E-state index in [-0.39, 0.29) is 24.3 Å². The lowest BCUT2D eigenvalue weighted by Crippen LogP contribution is -2.45. The fourth-order valence-corrected chi connectivity index (χ4v) is 3.38. The first-order chi connectivity index (χ1) is 9.16. The van der Waals surface area contributed by atoms with Gasteiger partial charge in [-0.25, -0.2) is 10.1 Å². The van der Waals surface area contributed by atoms with Crippen LogP contribution >= 0.6 is 11.3 Å². The van der Waals surface area contributed by atoms with Gasteiger partial charge in [-0.2, -0.15) is 25.9 Å². The molecule has 11 heteroatoms. The lowest BCUT2D eigenvalue weighted by atomic mass is 10.1. The summed E-state index contributed by atoms with van der Waals surface area (Å²) in [6.45, 7) is 0.488. The highest BCUT2D eigenvalue weighted by Crippen LogP contribution is 2.35. The van der Waals surface area contributed by atoms with Crippen molar-refractivity contribution in [3.05, 3.63) is 11.1 Å². The molecule has 0 radical (unpaired) electrons.